The normalized spacial score (nSPS) is 10.4. The molecule has 0 spiro atoms. The molecule has 1 aromatic carbocycles. The fraction of sp³-hybridized carbons (Fsp3) is 0.200. The Hall–Kier alpha value is -1.38. The maximum atomic E-state index is 12.3. The summed E-state index contributed by atoms with van der Waals surface area (Å²) in [7, 11) is 0. The van der Waals surface area contributed by atoms with Crippen LogP contribution in [0, 0.1) is 5.92 Å². The van der Waals surface area contributed by atoms with E-state index in [1.54, 1.807) is 31.2 Å². The first-order valence-corrected chi connectivity index (χ1v) is 3.93. The van der Waals surface area contributed by atoms with Gasteiger partial charge >= 0.3 is 0 Å². The van der Waals surface area contributed by atoms with Gasteiger partial charge in [0.05, 0.1) is 6.67 Å². The predicted molar refractivity (Wildman–Crippen MR) is 49.0 cm³/mol. The van der Waals surface area contributed by atoms with Gasteiger partial charge in [0.15, 0.2) is 0 Å². The number of hydrogen-bond acceptors (Lipinski definition) is 1. The van der Waals surface area contributed by atoms with Crippen molar-refractivity contribution in [1.29, 1.82) is 0 Å². The quantitative estimate of drug-likeness (QED) is 0.755. The molecule has 0 fully saturated rings. The average Bonchev–Trinajstić information content (AvgIpc) is 2.17. The summed E-state index contributed by atoms with van der Waals surface area (Å²) in [6, 6.07) is 6.64. The van der Waals surface area contributed by atoms with Crippen LogP contribution in [-0.4, -0.2) is 12.6 Å². The van der Waals surface area contributed by atoms with E-state index in [-0.39, 0.29) is 0 Å². The third kappa shape index (κ3) is 2.28. The van der Waals surface area contributed by atoms with Gasteiger partial charge in [-0.15, -0.1) is 0 Å². The van der Waals surface area contributed by atoms with Crippen LogP contribution < -0.4 is 5.73 Å². The third-order valence-corrected chi connectivity index (χ3v) is 1.84. The van der Waals surface area contributed by atoms with Gasteiger partial charge in [0, 0.05) is 11.5 Å². The molecule has 3 heteroatoms. The zero-order chi connectivity index (χ0) is 9.84. The lowest BCUT2D eigenvalue weighted by Gasteiger charge is -2.06. The van der Waals surface area contributed by atoms with Gasteiger partial charge in [-0.1, -0.05) is 19.1 Å². The second kappa shape index (κ2) is 4.03. The minimum Gasteiger partial charge on any atom is -0.366 e. The monoisotopic (exact) mass is 180 g/mol. The van der Waals surface area contributed by atoms with Gasteiger partial charge in [0.25, 0.3) is 0 Å². The Morgan fingerprint density at radius 2 is 2.08 bits per heavy atom. The van der Waals surface area contributed by atoms with Crippen LogP contribution in [0.25, 0.3) is 0 Å². The third-order valence-electron chi connectivity index (χ3n) is 1.84. The van der Waals surface area contributed by atoms with Gasteiger partial charge in [-0.3, -0.25) is 9.18 Å². The average molecular weight is 180 g/mol. The van der Waals surface area contributed by atoms with Crippen molar-refractivity contribution < 1.29 is 9.18 Å². The Morgan fingerprint density at radius 3 is 2.62 bits per heavy atom. The lowest BCUT2D eigenvalue weighted by Crippen LogP contribution is -2.11. The SMILES string of the molecule is C[C](CF)c1cccc(C(N)=O)c1. The molecule has 0 atom stereocenters. The molecule has 2 nitrogen and oxygen atoms in total. The van der Waals surface area contributed by atoms with Gasteiger partial charge in [-0.2, -0.15) is 0 Å². The molecule has 0 aromatic heterocycles. The zero-order valence-electron chi connectivity index (χ0n) is 7.38. The van der Waals surface area contributed by atoms with Crippen molar-refractivity contribution in [3.05, 3.63) is 41.3 Å². The van der Waals surface area contributed by atoms with Gasteiger partial charge in [-0.05, 0) is 17.7 Å². The fourth-order valence-electron chi connectivity index (χ4n) is 1.02. The van der Waals surface area contributed by atoms with Crippen molar-refractivity contribution >= 4 is 5.91 Å². The summed E-state index contributed by atoms with van der Waals surface area (Å²) in [6.07, 6.45) is 0. The summed E-state index contributed by atoms with van der Waals surface area (Å²) in [5, 5.41) is 0. The highest BCUT2D eigenvalue weighted by atomic mass is 19.1. The van der Waals surface area contributed by atoms with Crippen molar-refractivity contribution in [2.75, 3.05) is 6.67 Å². The standard InChI is InChI=1S/C10H11FNO/c1-7(6-11)8-3-2-4-9(5-8)10(12)13/h2-5H,6H2,1H3,(H2,12,13). The fourth-order valence-corrected chi connectivity index (χ4v) is 1.02. The summed E-state index contributed by atoms with van der Waals surface area (Å²) in [4.78, 5) is 10.8. The molecule has 13 heavy (non-hydrogen) atoms. The number of nitrogens with two attached hydrogens (primary N) is 1. The first-order chi connectivity index (χ1) is 6.15. The lowest BCUT2D eigenvalue weighted by molar-refractivity contribution is 0.1000. The Kier molecular flexibility index (Phi) is 3.01. The van der Waals surface area contributed by atoms with E-state index in [0.717, 1.165) is 5.56 Å². The van der Waals surface area contributed by atoms with Crippen molar-refractivity contribution in [2.24, 2.45) is 5.73 Å². The number of primary amides is 1. The van der Waals surface area contributed by atoms with Gasteiger partial charge in [0.2, 0.25) is 5.91 Å². The molecule has 0 saturated heterocycles. The van der Waals surface area contributed by atoms with Crippen LogP contribution in [0.2, 0.25) is 0 Å². The summed E-state index contributed by atoms with van der Waals surface area (Å²) in [5.74, 6) is 0.108. The van der Waals surface area contributed by atoms with Crippen molar-refractivity contribution in [1.82, 2.24) is 0 Å². The van der Waals surface area contributed by atoms with Crippen LogP contribution in [0.15, 0.2) is 24.3 Å². The largest absolute Gasteiger partial charge is 0.366 e. The van der Waals surface area contributed by atoms with Crippen molar-refractivity contribution in [3.8, 4) is 0 Å². The van der Waals surface area contributed by atoms with Crippen LogP contribution in [0.3, 0.4) is 0 Å². The molecule has 1 aromatic rings. The number of amides is 1. The molecule has 0 unspecified atom stereocenters. The first-order valence-electron chi connectivity index (χ1n) is 3.93. The van der Waals surface area contributed by atoms with Crippen LogP contribution in [0.4, 0.5) is 4.39 Å². The maximum Gasteiger partial charge on any atom is 0.248 e. The molecule has 1 radical (unpaired) electrons. The summed E-state index contributed by atoms with van der Waals surface area (Å²) in [6.45, 7) is 1.17. The molecular formula is C10H11FNO. The molecule has 0 heterocycles. The summed E-state index contributed by atoms with van der Waals surface area (Å²) in [5.41, 5.74) is 6.21. The number of alkyl halides is 1. The first kappa shape index (κ1) is 9.71. The zero-order valence-corrected chi connectivity index (χ0v) is 7.38. The molecule has 0 aliphatic carbocycles. The number of carbonyl (C=O) groups excluding carboxylic acids is 1. The van der Waals surface area contributed by atoms with E-state index in [9.17, 15) is 9.18 Å². The highest BCUT2D eigenvalue weighted by Crippen LogP contribution is 2.15. The highest BCUT2D eigenvalue weighted by molar-refractivity contribution is 5.93. The molecule has 69 valence electrons. The number of hydrogen-bond donors (Lipinski definition) is 1. The van der Waals surface area contributed by atoms with Crippen LogP contribution in [0.1, 0.15) is 22.8 Å². The Morgan fingerprint density at radius 1 is 1.46 bits per heavy atom. The van der Waals surface area contributed by atoms with Crippen molar-refractivity contribution in [2.45, 2.75) is 6.92 Å². The molecular weight excluding hydrogens is 169 g/mol. The van der Waals surface area contributed by atoms with E-state index in [4.69, 9.17) is 5.73 Å². The number of rotatable bonds is 3. The molecule has 2 N–H and O–H groups in total. The Bertz CT molecular complexity index is 312. The Balaban J connectivity index is 2.98. The van der Waals surface area contributed by atoms with Crippen LogP contribution in [0.5, 0.6) is 0 Å². The molecule has 0 aliphatic heterocycles. The molecule has 0 saturated carbocycles. The van der Waals surface area contributed by atoms with Gasteiger partial charge in [-0.25, -0.2) is 0 Å². The maximum absolute atomic E-state index is 12.3. The van der Waals surface area contributed by atoms with E-state index in [1.807, 2.05) is 0 Å². The van der Waals surface area contributed by atoms with Crippen molar-refractivity contribution in [3.63, 3.8) is 0 Å². The molecule has 1 amide bonds. The van der Waals surface area contributed by atoms with E-state index < -0.39 is 12.6 Å². The van der Waals surface area contributed by atoms with Gasteiger partial charge in [0.1, 0.15) is 0 Å². The minimum atomic E-state index is -0.512. The minimum absolute atomic E-state index is 0.408. The lowest BCUT2D eigenvalue weighted by atomic mass is 10.0. The van der Waals surface area contributed by atoms with Crippen LogP contribution >= 0.6 is 0 Å². The highest BCUT2D eigenvalue weighted by Gasteiger charge is 2.07. The van der Waals surface area contributed by atoms with Gasteiger partial charge < -0.3 is 5.73 Å². The second-order valence-electron chi connectivity index (χ2n) is 2.86. The second-order valence-corrected chi connectivity index (χ2v) is 2.86. The Labute approximate surface area is 76.6 Å². The van der Waals surface area contributed by atoms with E-state index in [1.165, 1.54) is 0 Å². The molecule has 0 aliphatic rings. The number of halogens is 1. The predicted octanol–water partition coefficient (Wildman–Crippen LogP) is 1.70. The van der Waals surface area contributed by atoms with Crippen LogP contribution in [-0.2, 0) is 0 Å². The smallest absolute Gasteiger partial charge is 0.248 e. The summed E-state index contributed by atoms with van der Waals surface area (Å²) >= 11 is 0. The van der Waals surface area contributed by atoms with E-state index >= 15 is 0 Å². The topological polar surface area (TPSA) is 43.1 Å². The number of benzene rings is 1. The van der Waals surface area contributed by atoms with E-state index in [2.05, 4.69) is 0 Å². The molecule has 1 rings (SSSR count). The van der Waals surface area contributed by atoms with E-state index in [0.29, 0.717) is 11.5 Å². The number of carbonyl (C=O) groups is 1. The molecule has 0 bridgehead atoms. The summed E-state index contributed by atoms with van der Waals surface area (Å²) < 4.78 is 12.3.